The lowest BCUT2D eigenvalue weighted by atomic mass is 10.1. The van der Waals surface area contributed by atoms with Crippen LogP contribution in [0.3, 0.4) is 0 Å². The third kappa shape index (κ3) is 6.29. The summed E-state index contributed by atoms with van der Waals surface area (Å²) >= 11 is 0.615. The van der Waals surface area contributed by atoms with E-state index in [0.29, 0.717) is 17.3 Å². The van der Waals surface area contributed by atoms with Gasteiger partial charge in [-0.25, -0.2) is 26.3 Å². The molecule has 0 aliphatic heterocycles. The SMILES string of the molecule is O=C(SCCC(F)(F)CC(F)C(F)C(F)F)c1ccccc1. The van der Waals surface area contributed by atoms with Crippen molar-refractivity contribution in [2.75, 3.05) is 5.75 Å². The molecular formula is C14H14F6OS. The second-order valence-corrected chi connectivity index (χ2v) is 5.67. The van der Waals surface area contributed by atoms with Crippen molar-refractivity contribution >= 4 is 16.9 Å². The van der Waals surface area contributed by atoms with Gasteiger partial charge in [-0.2, -0.15) is 0 Å². The molecule has 0 radical (unpaired) electrons. The fourth-order valence-corrected chi connectivity index (χ4v) is 2.50. The predicted octanol–water partition coefficient (Wildman–Crippen LogP) is 4.92. The van der Waals surface area contributed by atoms with Crippen LogP contribution in [0.2, 0.25) is 0 Å². The van der Waals surface area contributed by atoms with Crippen molar-refractivity contribution in [2.24, 2.45) is 0 Å². The molecule has 0 aliphatic rings. The second-order valence-electron chi connectivity index (χ2n) is 4.61. The van der Waals surface area contributed by atoms with Crippen molar-refractivity contribution in [3.8, 4) is 0 Å². The number of carbonyl (C=O) groups excluding carboxylic acids is 1. The lowest BCUT2D eigenvalue weighted by Crippen LogP contribution is -2.32. The van der Waals surface area contributed by atoms with Gasteiger partial charge in [0.1, 0.15) is 6.17 Å². The zero-order valence-electron chi connectivity index (χ0n) is 11.3. The Kier molecular flexibility index (Phi) is 7.25. The zero-order chi connectivity index (χ0) is 16.8. The van der Waals surface area contributed by atoms with Crippen LogP contribution in [0.1, 0.15) is 23.2 Å². The predicted molar refractivity (Wildman–Crippen MR) is 73.2 cm³/mol. The summed E-state index contributed by atoms with van der Waals surface area (Å²) in [7, 11) is 0. The number of rotatable bonds is 8. The lowest BCUT2D eigenvalue weighted by Gasteiger charge is -2.20. The average molecular weight is 344 g/mol. The highest BCUT2D eigenvalue weighted by Crippen LogP contribution is 2.31. The number of halogens is 6. The summed E-state index contributed by atoms with van der Waals surface area (Å²) in [4.78, 5) is 11.6. The van der Waals surface area contributed by atoms with E-state index in [2.05, 4.69) is 0 Å². The third-order valence-corrected chi connectivity index (χ3v) is 3.70. The quantitative estimate of drug-likeness (QED) is 0.623. The number of carbonyl (C=O) groups is 1. The molecule has 0 bridgehead atoms. The van der Waals surface area contributed by atoms with Gasteiger partial charge in [-0.15, -0.1) is 0 Å². The Bertz CT molecular complexity index is 468. The van der Waals surface area contributed by atoms with E-state index in [-0.39, 0.29) is 5.75 Å². The Balaban J connectivity index is 2.41. The smallest absolute Gasteiger partial charge is 0.272 e. The fourth-order valence-electron chi connectivity index (χ4n) is 1.61. The summed E-state index contributed by atoms with van der Waals surface area (Å²) in [6, 6.07) is 7.94. The third-order valence-electron chi connectivity index (χ3n) is 2.79. The molecule has 1 aromatic carbocycles. The van der Waals surface area contributed by atoms with E-state index in [1.54, 1.807) is 18.2 Å². The Morgan fingerprint density at radius 1 is 1.09 bits per heavy atom. The van der Waals surface area contributed by atoms with E-state index in [0.717, 1.165) is 0 Å². The van der Waals surface area contributed by atoms with Crippen molar-refractivity contribution in [1.29, 1.82) is 0 Å². The van der Waals surface area contributed by atoms with Crippen molar-refractivity contribution in [3.63, 3.8) is 0 Å². The zero-order valence-corrected chi connectivity index (χ0v) is 12.1. The Morgan fingerprint density at radius 3 is 2.23 bits per heavy atom. The molecule has 0 heterocycles. The topological polar surface area (TPSA) is 17.1 Å². The molecule has 0 aliphatic carbocycles. The number of benzene rings is 1. The first-order valence-electron chi connectivity index (χ1n) is 6.39. The molecule has 0 spiro atoms. The maximum absolute atomic E-state index is 13.4. The molecule has 0 aromatic heterocycles. The van der Waals surface area contributed by atoms with Crippen LogP contribution in [-0.2, 0) is 0 Å². The van der Waals surface area contributed by atoms with Gasteiger partial charge >= 0.3 is 0 Å². The van der Waals surface area contributed by atoms with E-state index < -0.39 is 42.6 Å². The summed E-state index contributed by atoms with van der Waals surface area (Å²) in [5.41, 5.74) is 0.334. The summed E-state index contributed by atoms with van der Waals surface area (Å²) in [5.74, 6) is -3.97. The molecule has 1 aromatic rings. The number of alkyl halides is 6. The van der Waals surface area contributed by atoms with Crippen LogP contribution in [0.5, 0.6) is 0 Å². The highest BCUT2D eigenvalue weighted by atomic mass is 32.2. The first-order chi connectivity index (χ1) is 10.2. The van der Waals surface area contributed by atoms with E-state index in [1.165, 1.54) is 12.1 Å². The molecule has 1 nitrogen and oxygen atoms in total. The molecular weight excluding hydrogens is 330 g/mol. The van der Waals surface area contributed by atoms with Gasteiger partial charge in [0.15, 0.2) is 6.17 Å². The van der Waals surface area contributed by atoms with E-state index >= 15 is 0 Å². The van der Waals surface area contributed by atoms with E-state index in [1.807, 2.05) is 0 Å². The number of thioether (sulfide) groups is 1. The van der Waals surface area contributed by atoms with E-state index in [4.69, 9.17) is 0 Å². The standard InChI is InChI=1S/C14H14F6OS/c15-10(11(16)12(17)18)8-14(19,20)6-7-22-13(21)9-4-2-1-3-5-9/h1-5,10-12H,6-8H2. The Labute approximate surface area is 128 Å². The first kappa shape index (κ1) is 18.9. The lowest BCUT2D eigenvalue weighted by molar-refractivity contribution is -0.0660. The Hall–Kier alpha value is -1.18. The van der Waals surface area contributed by atoms with Gasteiger partial charge in [-0.1, -0.05) is 42.1 Å². The summed E-state index contributed by atoms with van der Waals surface area (Å²) < 4.78 is 76.1. The van der Waals surface area contributed by atoms with Crippen LogP contribution in [0, 0.1) is 0 Å². The van der Waals surface area contributed by atoms with Gasteiger partial charge in [0, 0.05) is 24.2 Å². The summed E-state index contributed by atoms with van der Waals surface area (Å²) in [6.45, 7) is 0. The second kappa shape index (κ2) is 8.45. The molecule has 1 rings (SSSR count). The van der Waals surface area contributed by atoms with Gasteiger partial charge in [0.25, 0.3) is 12.3 Å². The van der Waals surface area contributed by atoms with Crippen LogP contribution in [-0.4, -0.2) is 35.6 Å². The van der Waals surface area contributed by atoms with E-state index in [9.17, 15) is 31.1 Å². The maximum atomic E-state index is 13.4. The van der Waals surface area contributed by atoms with Crippen molar-refractivity contribution < 1.29 is 31.1 Å². The summed E-state index contributed by atoms with van der Waals surface area (Å²) in [6.07, 6.45) is -12.3. The molecule has 2 atom stereocenters. The first-order valence-corrected chi connectivity index (χ1v) is 7.38. The largest absolute Gasteiger partial charge is 0.282 e. The van der Waals surface area contributed by atoms with Gasteiger partial charge in [0.05, 0.1) is 0 Å². The van der Waals surface area contributed by atoms with Gasteiger partial charge in [0.2, 0.25) is 5.12 Å². The van der Waals surface area contributed by atoms with Gasteiger partial charge in [-0.3, -0.25) is 4.79 Å². The maximum Gasteiger partial charge on any atom is 0.272 e. The van der Waals surface area contributed by atoms with Crippen molar-refractivity contribution in [2.45, 2.75) is 37.5 Å². The monoisotopic (exact) mass is 344 g/mol. The molecule has 0 saturated heterocycles. The van der Waals surface area contributed by atoms with Crippen LogP contribution in [0.25, 0.3) is 0 Å². The normalized spacial score (nSPS) is 14.9. The molecule has 8 heteroatoms. The molecule has 0 saturated carbocycles. The molecule has 2 unspecified atom stereocenters. The van der Waals surface area contributed by atoms with Crippen molar-refractivity contribution in [3.05, 3.63) is 35.9 Å². The van der Waals surface area contributed by atoms with Gasteiger partial charge in [-0.05, 0) is 0 Å². The number of hydrogen-bond donors (Lipinski definition) is 0. The van der Waals surface area contributed by atoms with Crippen LogP contribution in [0.15, 0.2) is 30.3 Å². The summed E-state index contributed by atoms with van der Waals surface area (Å²) in [5, 5.41) is -0.427. The molecule has 0 fully saturated rings. The van der Waals surface area contributed by atoms with Crippen molar-refractivity contribution in [1.82, 2.24) is 0 Å². The average Bonchev–Trinajstić information content (AvgIpc) is 2.46. The minimum absolute atomic E-state index is 0.320. The Morgan fingerprint density at radius 2 is 1.68 bits per heavy atom. The molecule has 22 heavy (non-hydrogen) atoms. The highest BCUT2D eigenvalue weighted by Gasteiger charge is 2.39. The highest BCUT2D eigenvalue weighted by molar-refractivity contribution is 8.14. The van der Waals surface area contributed by atoms with Crippen LogP contribution < -0.4 is 0 Å². The van der Waals surface area contributed by atoms with Gasteiger partial charge < -0.3 is 0 Å². The number of hydrogen-bond acceptors (Lipinski definition) is 2. The van der Waals surface area contributed by atoms with Crippen LogP contribution in [0.4, 0.5) is 26.3 Å². The molecule has 124 valence electrons. The molecule has 0 N–H and O–H groups in total. The minimum Gasteiger partial charge on any atom is -0.282 e. The minimum atomic E-state index is -3.65. The molecule has 0 amide bonds. The fraction of sp³-hybridized carbons (Fsp3) is 0.500. The van der Waals surface area contributed by atoms with Crippen LogP contribution >= 0.6 is 11.8 Å².